The van der Waals surface area contributed by atoms with Crippen molar-refractivity contribution >= 4 is 33.3 Å². The van der Waals surface area contributed by atoms with E-state index < -0.39 is 10.0 Å². The summed E-state index contributed by atoms with van der Waals surface area (Å²) in [7, 11) is -3.43. The number of benzene rings is 2. The predicted octanol–water partition coefficient (Wildman–Crippen LogP) is 4.27. The van der Waals surface area contributed by atoms with Crippen LogP contribution in [0.25, 0.3) is 0 Å². The van der Waals surface area contributed by atoms with Crippen LogP contribution in [-0.2, 0) is 16.4 Å². The van der Waals surface area contributed by atoms with Crippen LogP contribution in [0.2, 0.25) is 5.02 Å². The number of hydrogen-bond acceptors (Lipinski definition) is 3. The van der Waals surface area contributed by atoms with Gasteiger partial charge < -0.3 is 10.6 Å². The fourth-order valence-corrected chi connectivity index (χ4v) is 5.03. The van der Waals surface area contributed by atoms with Gasteiger partial charge in [-0.1, -0.05) is 42.6 Å². The van der Waals surface area contributed by atoms with Crippen LogP contribution >= 0.6 is 11.6 Å². The van der Waals surface area contributed by atoms with E-state index in [2.05, 4.69) is 10.6 Å². The molecule has 2 aromatic carbocycles. The fraction of sp³-hybridized carbons (Fsp3) is 0.381. The minimum absolute atomic E-state index is 0.312. The van der Waals surface area contributed by atoms with Crippen molar-refractivity contribution in [2.24, 2.45) is 0 Å². The average molecular weight is 436 g/mol. The zero-order chi connectivity index (χ0) is 20.7. The average Bonchev–Trinajstić information content (AvgIpc) is 2.98. The number of nitrogens with one attached hydrogen (secondary N) is 2. The Labute approximate surface area is 177 Å². The number of hydrogen-bond donors (Lipinski definition) is 2. The summed E-state index contributed by atoms with van der Waals surface area (Å²) < 4.78 is 27.2. The van der Waals surface area contributed by atoms with Gasteiger partial charge in [-0.15, -0.1) is 0 Å². The second-order valence-electron chi connectivity index (χ2n) is 7.10. The highest BCUT2D eigenvalue weighted by atomic mass is 35.5. The van der Waals surface area contributed by atoms with Crippen LogP contribution in [0.1, 0.15) is 31.2 Å². The Morgan fingerprint density at radius 3 is 2.34 bits per heavy atom. The van der Waals surface area contributed by atoms with Crippen molar-refractivity contribution in [1.82, 2.24) is 9.62 Å². The summed E-state index contributed by atoms with van der Waals surface area (Å²) in [6.45, 7) is 1.62. The van der Waals surface area contributed by atoms with Crippen LogP contribution in [0.4, 0.5) is 10.5 Å². The first-order valence-corrected chi connectivity index (χ1v) is 11.7. The molecular weight excluding hydrogens is 410 g/mol. The first kappa shape index (κ1) is 21.6. The molecule has 2 aromatic rings. The lowest BCUT2D eigenvalue weighted by Crippen LogP contribution is -2.32. The van der Waals surface area contributed by atoms with Crippen molar-refractivity contribution in [2.75, 3.05) is 25.0 Å². The quantitative estimate of drug-likeness (QED) is 0.711. The van der Waals surface area contributed by atoms with Crippen LogP contribution in [0.5, 0.6) is 0 Å². The van der Waals surface area contributed by atoms with Crippen molar-refractivity contribution < 1.29 is 13.2 Å². The maximum atomic E-state index is 12.8. The summed E-state index contributed by atoms with van der Waals surface area (Å²) in [4.78, 5) is 12.3. The van der Waals surface area contributed by atoms with E-state index in [-0.39, 0.29) is 6.03 Å². The number of amides is 2. The first-order valence-electron chi connectivity index (χ1n) is 9.85. The molecule has 1 aliphatic heterocycles. The van der Waals surface area contributed by atoms with Crippen LogP contribution in [0.3, 0.4) is 0 Å². The van der Waals surface area contributed by atoms with Gasteiger partial charge in [0, 0.05) is 30.3 Å². The molecule has 2 N–H and O–H groups in total. The second-order valence-corrected chi connectivity index (χ2v) is 9.48. The van der Waals surface area contributed by atoms with E-state index in [1.807, 2.05) is 0 Å². The number of urea groups is 1. The summed E-state index contributed by atoms with van der Waals surface area (Å²) in [5.74, 6) is 0. The van der Waals surface area contributed by atoms with Gasteiger partial charge in [0.2, 0.25) is 10.0 Å². The molecule has 2 amide bonds. The van der Waals surface area contributed by atoms with E-state index in [1.54, 1.807) is 52.8 Å². The minimum atomic E-state index is -3.43. The third kappa shape index (κ3) is 6.19. The van der Waals surface area contributed by atoms with Crippen molar-refractivity contribution in [3.05, 3.63) is 59.1 Å². The lowest BCUT2D eigenvalue weighted by atomic mass is 10.1. The zero-order valence-electron chi connectivity index (χ0n) is 16.2. The van der Waals surface area contributed by atoms with E-state index >= 15 is 0 Å². The van der Waals surface area contributed by atoms with Crippen molar-refractivity contribution in [3.8, 4) is 0 Å². The highest BCUT2D eigenvalue weighted by molar-refractivity contribution is 7.89. The topological polar surface area (TPSA) is 78.5 Å². The van der Waals surface area contributed by atoms with Crippen LogP contribution in [0, 0.1) is 0 Å². The summed E-state index contributed by atoms with van der Waals surface area (Å²) in [6.07, 6.45) is 4.61. The SMILES string of the molecule is O=C(NCCc1ccc(S(=O)(=O)N2CCCCCC2)cc1)Nc1cccc(Cl)c1. The van der Waals surface area contributed by atoms with Crippen LogP contribution in [-0.4, -0.2) is 38.4 Å². The van der Waals surface area contributed by atoms with E-state index in [0.29, 0.717) is 41.7 Å². The van der Waals surface area contributed by atoms with E-state index in [0.717, 1.165) is 31.2 Å². The lowest BCUT2D eigenvalue weighted by Gasteiger charge is -2.20. The molecule has 0 atom stereocenters. The van der Waals surface area contributed by atoms with E-state index in [4.69, 9.17) is 11.6 Å². The molecule has 0 saturated carbocycles. The number of halogens is 1. The molecular formula is C21H26ClN3O3S. The maximum absolute atomic E-state index is 12.8. The van der Waals surface area contributed by atoms with E-state index in [1.165, 1.54) is 0 Å². The van der Waals surface area contributed by atoms with Gasteiger partial charge in [-0.3, -0.25) is 0 Å². The Hall–Kier alpha value is -2.09. The molecule has 29 heavy (non-hydrogen) atoms. The fourth-order valence-electron chi connectivity index (χ4n) is 3.32. The standard InChI is InChI=1S/C21H26ClN3O3S/c22-18-6-5-7-19(16-18)24-21(26)23-13-12-17-8-10-20(11-9-17)29(27,28)25-14-3-1-2-4-15-25/h5-11,16H,1-4,12-15H2,(H2,23,24,26). The third-order valence-corrected chi connectivity index (χ3v) is 7.06. The van der Waals surface area contributed by atoms with Crippen LogP contribution < -0.4 is 10.6 Å². The maximum Gasteiger partial charge on any atom is 0.319 e. The minimum Gasteiger partial charge on any atom is -0.338 e. The molecule has 0 unspecified atom stereocenters. The Morgan fingerprint density at radius 2 is 1.69 bits per heavy atom. The molecule has 1 saturated heterocycles. The first-order chi connectivity index (χ1) is 13.9. The highest BCUT2D eigenvalue weighted by Crippen LogP contribution is 2.21. The molecule has 0 radical (unpaired) electrons. The lowest BCUT2D eigenvalue weighted by molar-refractivity contribution is 0.252. The summed E-state index contributed by atoms with van der Waals surface area (Å²) in [6, 6.07) is 13.5. The number of nitrogens with zero attached hydrogens (tertiary/aromatic N) is 1. The van der Waals surface area contributed by atoms with E-state index in [9.17, 15) is 13.2 Å². The normalized spacial score (nSPS) is 15.5. The predicted molar refractivity (Wildman–Crippen MR) is 116 cm³/mol. The molecule has 0 spiro atoms. The second kappa shape index (κ2) is 10.1. The molecule has 0 aliphatic carbocycles. The Morgan fingerprint density at radius 1 is 1.00 bits per heavy atom. The van der Waals surface area contributed by atoms with Gasteiger partial charge >= 0.3 is 6.03 Å². The molecule has 8 heteroatoms. The molecule has 3 rings (SSSR count). The van der Waals surface area contributed by atoms with Gasteiger partial charge in [-0.25, -0.2) is 13.2 Å². The summed E-state index contributed by atoms with van der Waals surface area (Å²) in [5, 5.41) is 6.06. The monoisotopic (exact) mass is 435 g/mol. The summed E-state index contributed by atoms with van der Waals surface area (Å²) >= 11 is 5.90. The molecule has 6 nitrogen and oxygen atoms in total. The van der Waals surface area contributed by atoms with Gasteiger partial charge in [0.05, 0.1) is 4.90 Å². The van der Waals surface area contributed by atoms with Crippen LogP contribution in [0.15, 0.2) is 53.4 Å². The third-order valence-electron chi connectivity index (χ3n) is 4.91. The van der Waals surface area contributed by atoms with Crippen molar-refractivity contribution in [2.45, 2.75) is 37.0 Å². The molecule has 156 valence electrons. The smallest absolute Gasteiger partial charge is 0.319 e. The number of anilines is 1. The van der Waals surface area contributed by atoms with Gasteiger partial charge in [0.25, 0.3) is 0 Å². The van der Waals surface area contributed by atoms with Gasteiger partial charge in [0.1, 0.15) is 0 Å². The molecule has 1 heterocycles. The Balaban J connectivity index is 1.50. The summed E-state index contributed by atoms with van der Waals surface area (Å²) in [5.41, 5.74) is 1.58. The Bertz CT molecular complexity index is 924. The highest BCUT2D eigenvalue weighted by Gasteiger charge is 2.24. The molecule has 0 aromatic heterocycles. The number of carbonyl (C=O) groups excluding carboxylic acids is 1. The number of rotatable bonds is 6. The largest absolute Gasteiger partial charge is 0.338 e. The number of carbonyl (C=O) groups is 1. The van der Waals surface area contributed by atoms with Gasteiger partial charge in [0.15, 0.2) is 0 Å². The van der Waals surface area contributed by atoms with Gasteiger partial charge in [-0.05, 0) is 55.2 Å². The number of sulfonamides is 1. The molecule has 0 bridgehead atoms. The Kier molecular flexibility index (Phi) is 7.52. The zero-order valence-corrected chi connectivity index (χ0v) is 17.8. The molecule has 1 aliphatic rings. The molecule has 1 fully saturated rings. The van der Waals surface area contributed by atoms with Gasteiger partial charge in [-0.2, -0.15) is 4.31 Å². The van der Waals surface area contributed by atoms with Crippen molar-refractivity contribution in [1.29, 1.82) is 0 Å². The van der Waals surface area contributed by atoms with Crippen molar-refractivity contribution in [3.63, 3.8) is 0 Å².